The molecule has 1 amide bonds. The van der Waals surface area contributed by atoms with Gasteiger partial charge in [0.25, 0.3) is 5.56 Å². The van der Waals surface area contributed by atoms with Gasteiger partial charge in [0.1, 0.15) is 0 Å². The molecule has 2 N–H and O–H groups in total. The summed E-state index contributed by atoms with van der Waals surface area (Å²) in [6.07, 6.45) is 1.23. The average molecular weight is 301 g/mol. The van der Waals surface area contributed by atoms with Crippen molar-refractivity contribution in [1.82, 2.24) is 8.87 Å². The maximum atomic E-state index is 12.3. The van der Waals surface area contributed by atoms with Crippen LogP contribution in [0.5, 0.6) is 0 Å². The van der Waals surface area contributed by atoms with E-state index >= 15 is 0 Å². The lowest BCUT2D eigenvalue weighted by Gasteiger charge is -2.18. The Balaban J connectivity index is 3.18. The van der Waals surface area contributed by atoms with E-state index in [0.717, 1.165) is 0 Å². The highest BCUT2D eigenvalue weighted by Crippen LogP contribution is 2.13. The van der Waals surface area contributed by atoms with E-state index in [4.69, 9.17) is 5.73 Å². The number of carbonyl (C=O) groups is 1. The van der Waals surface area contributed by atoms with Crippen LogP contribution in [0.2, 0.25) is 0 Å². The monoisotopic (exact) mass is 301 g/mol. The van der Waals surface area contributed by atoms with E-state index in [9.17, 15) is 18.0 Å². The van der Waals surface area contributed by atoms with Crippen molar-refractivity contribution < 1.29 is 13.2 Å². The van der Waals surface area contributed by atoms with Gasteiger partial charge in [0.15, 0.2) is 0 Å². The van der Waals surface area contributed by atoms with Crippen molar-refractivity contribution in [3.05, 3.63) is 28.7 Å². The molecule has 7 nitrogen and oxygen atoms in total. The number of hydrogen-bond donors (Lipinski definition) is 1. The molecule has 20 heavy (non-hydrogen) atoms. The summed E-state index contributed by atoms with van der Waals surface area (Å²) in [5.74, 6) is -0.547. The molecule has 0 radical (unpaired) electrons. The van der Waals surface area contributed by atoms with E-state index in [2.05, 4.69) is 0 Å². The number of nitrogens with two attached hydrogens (primary N) is 1. The van der Waals surface area contributed by atoms with Gasteiger partial charge in [-0.05, 0) is 6.07 Å². The molecule has 0 aliphatic rings. The fourth-order valence-corrected chi connectivity index (χ4v) is 3.26. The van der Waals surface area contributed by atoms with E-state index in [1.54, 1.807) is 13.8 Å². The Labute approximate surface area is 118 Å². The van der Waals surface area contributed by atoms with Gasteiger partial charge in [-0.25, -0.2) is 8.42 Å². The summed E-state index contributed by atoms with van der Waals surface area (Å²) in [6, 6.07) is 2.45. The van der Waals surface area contributed by atoms with Crippen LogP contribution in [0.15, 0.2) is 28.0 Å². The van der Waals surface area contributed by atoms with Gasteiger partial charge < -0.3 is 10.3 Å². The van der Waals surface area contributed by atoms with Crippen molar-refractivity contribution in [3.8, 4) is 0 Å². The Morgan fingerprint density at radius 2 is 1.90 bits per heavy atom. The Kier molecular flexibility index (Phi) is 5.46. The fraction of sp³-hybridized carbons (Fsp3) is 0.500. The molecule has 0 aliphatic carbocycles. The van der Waals surface area contributed by atoms with Crippen LogP contribution in [-0.2, 0) is 21.4 Å². The molecule has 0 aromatic carbocycles. The third-order valence-corrected chi connectivity index (χ3v) is 4.93. The van der Waals surface area contributed by atoms with E-state index in [-0.39, 0.29) is 23.4 Å². The molecule has 112 valence electrons. The van der Waals surface area contributed by atoms with Gasteiger partial charge in [-0.2, -0.15) is 4.31 Å². The minimum Gasteiger partial charge on any atom is -0.370 e. The molecule has 1 aromatic heterocycles. The molecule has 0 bridgehead atoms. The number of carbonyl (C=O) groups excluding carboxylic acids is 1. The third-order valence-electron chi connectivity index (χ3n) is 2.90. The molecule has 1 aromatic rings. The largest absolute Gasteiger partial charge is 0.370 e. The maximum Gasteiger partial charge on any atom is 0.250 e. The number of nitrogens with zero attached hydrogens (tertiary/aromatic N) is 2. The minimum atomic E-state index is -3.62. The number of primary amides is 1. The zero-order chi connectivity index (χ0) is 15.3. The summed E-state index contributed by atoms with van der Waals surface area (Å²) in [5.41, 5.74) is 4.65. The molecule has 1 rings (SSSR count). The smallest absolute Gasteiger partial charge is 0.250 e. The predicted octanol–water partition coefficient (Wildman–Crippen LogP) is -0.246. The zero-order valence-electron chi connectivity index (χ0n) is 11.6. The molecule has 0 aliphatic heterocycles. The Hall–Kier alpha value is -1.67. The number of hydrogen-bond acceptors (Lipinski definition) is 4. The van der Waals surface area contributed by atoms with E-state index in [1.165, 1.54) is 27.2 Å². The summed E-state index contributed by atoms with van der Waals surface area (Å²) in [6.45, 7) is 4.24. The number of sulfonamides is 1. The topological polar surface area (TPSA) is 102 Å². The summed E-state index contributed by atoms with van der Waals surface area (Å²) in [7, 11) is -3.62. The second kappa shape index (κ2) is 6.67. The van der Waals surface area contributed by atoms with Gasteiger partial charge >= 0.3 is 0 Å². The van der Waals surface area contributed by atoms with Crippen LogP contribution in [0.3, 0.4) is 0 Å². The quantitative estimate of drug-likeness (QED) is 0.750. The van der Waals surface area contributed by atoms with Gasteiger partial charge in [0.05, 0.1) is 4.90 Å². The first-order valence-electron chi connectivity index (χ1n) is 6.31. The van der Waals surface area contributed by atoms with Crippen LogP contribution in [0.1, 0.15) is 20.3 Å². The lowest BCUT2D eigenvalue weighted by Crippen LogP contribution is -2.32. The SMILES string of the molecule is CCN(CC)S(=O)(=O)c1ccc(=O)n(CCC(N)=O)c1. The summed E-state index contributed by atoms with van der Waals surface area (Å²) in [4.78, 5) is 22.4. The van der Waals surface area contributed by atoms with Crippen molar-refractivity contribution in [2.45, 2.75) is 31.7 Å². The van der Waals surface area contributed by atoms with Crippen molar-refractivity contribution >= 4 is 15.9 Å². The first-order chi connectivity index (χ1) is 9.32. The Morgan fingerprint density at radius 3 is 2.40 bits per heavy atom. The average Bonchev–Trinajstić information content (AvgIpc) is 2.38. The maximum absolute atomic E-state index is 12.3. The van der Waals surface area contributed by atoms with Crippen molar-refractivity contribution in [2.24, 2.45) is 5.73 Å². The molecule has 0 atom stereocenters. The van der Waals surface area contributed by atoms with Crippen LogP contribution < -0.4 is 11.3 Å². The highest BCUT2D eigenvalue weighted by atomic mass is 32.2. The van der Waals surface area contributed by atoms with E-state index in [1.807, 2.05) is 0 Å². The van der Waals surface area contributed by atoms with Crippen LogP contribution in [0.25, 0.3) is 0 Å². The number of rotatable bonds is 7. The van der Waals surface area contributed by atoms with Gasteiger partial charge in [-0.15, -0.1) is 0 Å². The Morgan fingerprint density at radius 1 is 1.30 bits per heavy atom. The lowest BCUT2D eigenvalue weighted by atomic mass is 10.4. The van der Waals surface area contributed by atoms with Crippen LogP contribution in [-0.4, -0.2) is 36.3 Å². The van der Waals surface area contributed by atoms with Crippen molar-refractivity contribution in [3.63, 3.8) is 0 Å². The summed E-state index contributed by atoms with van der Waals surface area (Å²) < 4.78 is 27.1. The van der Waals surface area contributed by atoms with Gasteiger partial charge in [0, 0.05) is 38.3 Å². The van der Waals surface area contributed by atoms with Crippen LogP contribution in [0.4, 0.5) is 0 Å². The molecule has 0 fully saturated rings. The molecule has 1 heterocycles. The number of pyridine rings is 1. The first kappa shape index (κ1) is 16.4. The molecular formula is C12H19N3O4S. The number of aryl methyl sites for hydroxylation is 1. The van der Waals surface area contributed by atoms with Gasteiger partial charge in [-0.3, -0.25) is 9.59 Å². The standard InChI is InChI=1S/C12H19N3O4S/c1-3-15(4-2)20(18,19)10-5-6-12(17)14(9-10)8-7-11(13)16/h5-6,9H,3-4,7-8H2,1-2H3,(H2,13,16). The van der Waals surface area contributed by atoms with E-state index in [0.29, 0.717) is 13.1 Å². The fourth-order valence-electron chi connectivity index (χ4n) is 1.78. The lowest BCUT2D eigenvalue weighted by molar-refractivity contribution is -0.118. The zero-order valence-corrected chi connectivity index (χ0v) is 12.4. The summed E-state index contributed by atoms with van der Waals surface area (Å²) in [5, 5.41) is 0. The van der Waals surface area contributed by atoms with Crippen LogP contribution >= 0.6 is 0 Å². The minimum absolute atomic E-state index is 0.0192. The van der Waals surface area contributed by atoms with Crippen LogP contribution in [0, 0.1) is 0 Å². The van der Waals surface area contributed by atoms with Crippen molar-refractivity contribution in [1.29, 1.82) is 0 Å². The normalized spacial score (nSPS) is 11.8. The van der Waals surface area contributed by atoms with E-state index < -0.39 is 15.9 Å². The third kappa shape index (κ3) is 3.67. The predicted molar refractivity (Wildman–Crippen MR) is 74.6 cm³/mol. The Bertz CT molecular complexity index is 632. The molecular weight excluding hydrogens is 282 g/mol. The molecule has 0 saturated carbocycles. The van der Waals surface area contributed by atoms with Gasteiger partial charge in [0.2, 0.25) is 15.9 Å². The number of amides is 1. The highest BCUT2D eigenvalue weighted by Gasteiger charge is 2.22. The number of aromatic nitrogens is 1. The molecule has 8 heteroatoms. The molecule has 0 unspecified atom stereocenters. The molecule has 0 spiro atoms. The van der Waals surface area contributed by atoms with Crippen molar-refractivity contribution in [2.75, 3.05) is 13.1 Å². The summed E-state index contributed by atoms with van der Waals surface area (Å²) >= 11 is 0. The molecule has 0 saturated heterocycles. The first-order valence-corrected chi connectivity index (χ1v) is 7.75. The second-order valence-corrected chi connectivity index (χ2v) is 6.14. The van der Waals surface area contributed by atoms with Gasteiger partial charge in [-0.1, -0.05) is 13.8 Å². The second-order valence-electron chi connectivity index (χ2n) is 4.20. The highest BCUT2D eigenvalue weighted by molar-refractivity contribution is 7.89.